The first-order valence-electron chi connectivity index (χ1n) is 4.33. The Hall–Kier alpha value is -1.39. The molecule has 0 aliphatic carbocycles. The summed E-state index contributed by atoms with van der Waals surface area (Å²) in [6.07, 6.45) is -4.65. The fraction of sp³-hybridized carbons (Fsp3) is 0.400. The summed E-state index contributed by atoms with van der Waals surface area (Å²) in [6.45, 7) is 1.71. The average molecular weight is 219 g/mol. The van der Waals surface area contributed by atoms with Gasteiger partial charge in [-0.1, -0.05) is 6.07 Å². The zero-order valence-electron chi connectivity index (χ0n) is 8.72. The molecule has 0 saturated heterocycles. The molecule has 0 heterocycles. The van der Waals surface area contributed by atoms with E-state index < -0.39 is 6.36 Å². The molecule has 0 N–H and O–H groups in total. The van der Waals surface area contributed by atoms with Gasteiger partial charge in [0.25, 0.3) is 0 Å². The third-order valence-electron chi connectivity index (χ3n) is 1.82. The van der Waals surface area contributed by atoms with Crippen LogP contribution in [0.1, 0.15) is 5.56 Å². The molecule has 0 radical (unpaired) electrons. The molecule has 2 nitrogen and oxygen atoms in total. The second kappa shape index (κ2) is 4.00. The molecule has 15 heavy (non-hydrogen) atoms. The Bertz CT molecular complexity index is 347. The maximum absolute atomic E-state index is 12.1. The first kappa shape index (κ1) is 11.7. The molecule has 0 aliphatic heterocycles. The molecule has 1 rings (SSSR count). The smallest absolute Gasteiger partial charge is 0.404 e. The number of benzene rings is 1. The van der Waals surface area contributed by atoms with Crippen molar-refractivity contribution in [3.63, 3.8) is 0 Å². The van der Waals surface area contributed by atoms with Crippen molar-refractivity contribution in [3.05, 3.63) is 23.8 Å². The monoisotopic (exact) mass is 219 g/mol. The number of nitrogens with zero attached hydrogens (tertiary/aromatic N) is 1. The lowest BCUT2D eigenvalue weighted by Gasteiger charge is -2.19. The topological polar surface area (TPSA) is 12.5 Å². The van der Waals surface area contributed by atoms with Crippen molar-refractivity contribution in [1.82, 2.24) is 0 Å². The van der Waals surface area contributed by atoms with E-state index in [2.05, 4.69) is 4.74 Å². The summed E-state index contributed by atoms with van der Waals surface area (Å²) in [5.41, 5.74) is 1.12. The highest BCUT2D eigenvalue weighted by Gasteiger charge is 2.32. The molecule has 0 saturated carbocycles. The van der Waals surface area contributed by atoms with E-state index in [1.54, 1.807) is 38.1 Å². The summed E-state index contributed by atoms with van der Waals surface area (Å²) in [4.78, 5) is 1.57. The summed E-state index contributed by atoms with van der Waals surface area (Å²) >= 11 is 0. The highest BCUT2D eigenvalue weighted by molar-refractivity contribution is 5.58. The number of ether oxygens (including phenoxy) is 1. The Labute approximate surface area is 86.3 Å². The van der Waals surface area contributed by atoms with Gasteiger partial charge in [0.1, 0.15) is 0 Å². The number of hydrogen-bond donors (Lipinski definition) is 0. The zero-order chi connectivity index (χ0) is 11.6. The molecule has 1 aromatic carbocycles. The predicted molar refractivity (Wildman–Crippen MR) is 52.2 cm³/mol. The highest BCUT2D eigenvalue weighted by atomic mass is 19.4. The van der Waals surface area contributed by atoms with Crippen molar-refractivity contribution in [1.29, 1.82) is 0 Å². The predicted octanol–water partition coefficient (Wildman–Crippen LogP) is 2.96. The molecule has 84 valence electrons. The largest absolute Gasteiger partial charge is 0.573 e. The van der Waals surface area contributed by atoms with Gasteiger partial charge in [0.05, 0.1) is 5.69 Å². The Morgan fingerprint density at radius 3 is 2.27 bits per heavy atom. The summed E-state index contributed by atoms with van der Waals surface area (Å²) in [5, 5.41) is 0. The molecule has 0 amide bonds. The maximum atomic E-state index is 12.1. The normalized spacial score (nSPS) is 11.3. The first-order chi connectivity index (χ1) is 6.79. The lowest BCUT2D eigenvalue weighted by atomic mass is 10.2. The lowest BCUT2D eigenvalue weighted by Crippen LogP contribution is -2.20. The number of aryl methyl sites for hydroxylation is 1. The molecule has 5 heteroatoms. The van der Waals surface area contributed by atoms with Gasteiger partial charge in [0, 0.05) is 14.1 Å². The maximum Gasteiger partial charge on any atom is 0.573 e. The minimum Gasteiger partial charge on any atom is -0.404 e. The molecule has 1 aromatic rings. The summed E-state index contributed by atoms with van der Waals surface area (Å²) < 4.78 is 40.2. The Morgan fingerprint density at radius 2 is 1.80 bits per heavy atom. The van der Waals surface area contributed by atoms with Crippen molar-refractivity contribution in [2.24, 2.45) is 0 Å². The molecule has 0 spiro atoms. The molecule has 0 bridgehead atoms. The fourth-order valence-electron chi connectivity index (χ4n) is 1.20. The third kappa shape index (κ3) is 3.34. The van der Waals surface area contributed by atoms with Gasteiger partial charge in [-0.15, -0.1) is 13.2 Å². The van der Waals surface area contributed by atoms with E-state index in [1.807, 2.05) is 0 Å². The van der Waals surface area contributed by atoms with Gasteiger partial charge >= 0.3 is 6.36 Å². The molecular weight excluding hydrogens is 207 g/mol. The van der Waals surface area contributed by atoms with Gasteiger partial charge in [-0.25, -0.2) is 0 Å². The van der Waals surface area contributed by atoms with Crippen LogP contribution >= 0.6 is 0 Å². The molecular formula is C10H12F3NO. The van der Waals surface area contributed by atoms with E-state index in [9.17, 15) is 13.2 Å². The SMILES string of the molecule is Cc1ccc(N(C)C)c(OC(F)(F)F)c1. The average Bonchev–Trinajstić information content (AvgIpc) is 1.99. The van der Waals surface area contributed by atoms with Crippen LogP contribution in [-0.2, 0) is 0 Å². The van der Waals surface area contributed by atoms with Gasteiger partial charge < -0.3 is 9.64 Å². The minimum atomic E-state index is -4.65. The Morgan fingerprint density at radius 1 is 1.20 bits per heavy atom. The number of anilines is 1. The van der Waals surface area contributed by atoms with E-state index in [-0.39, 0.29) is 5.75 Å². The van der Waals surface area contributed by atoms with Crippen LogP contribution in [0.3, 0.4) is 0 Å². The standard InChI is InChI=1S/C10H12F3NO/c1-7-4-5-8(14(2)3)9(6-7)15-10(11,12)13/h4-6H,1-3H3. The molecule has 0 atom stereocenters. The van der Waals surface area contributed by atoms with Crippen molar-refractivity contribution >= 4 is 5.69 Å². The van der Waals surface area contributed by atoms with Crippen LogP contribution in [-0.4, -0.2) is 20.5 Å². The van der Waals surface area contributed by atoms with E-state index in [1.165, 1.54) is 6.07 Å². The van der Waals surface area contributed by atoms with Crippen LogP contribution in [0.25, 0.3) is 0 Å². The fourth-order valence-corrected chi connectivity index (χ4v) is 1.20. The second-order valence-electron chi connectivity index (χ2n) is 3.41. The first-order valence-corrected chi connectivity index (χ1v) is 4.33. The Kier molecular flexibility index (Phi) is 3.12. The van der Waals surface area contributed by atoms with Gasteiger partial charge in [-0.3, -0.25) is 0 Å². The van der Waals surface area contributed by atoms with Crippen molar-refractivity contribution in [2.75, 3.05) is 19.0 Å². The van der Waals surface area contributed by atoms with Gasteiger partial charge in [-0.05, 0) is 24.6 Å². The van der Waals surface area contributed by atoms with Crippen LogP contribution in [0, 0.1) is 6.92 Å². The van der Waals surface area contributed by atoms with E-state index in [0.717, 1.165) is 5.56 Å². The summed E-state index contributed by atoms with van der Waals surface area (Å²) in [5.74, 6) is -0.174. The number of hydrogen-bond acceptors (Lipinski definition) is 2. The van der Waals surface area contributed by atoms with Gasteiger partial charge in [0.2, 0.25) is 0 Å². The second-order valence-corrected chi connectivity index (χ2v) is 3.41. The quantitative estimate of drug-likeness (QED) is 0.758. The van der Waals surface area contributed by atoms with Crippen molar-refractivity contribution in [3.8, 4) is 5.75 Å². The van der Waals surface area contributed by atoms with E-state index >= 15 is 0 Å². The number of alkyl halides is 3. The number of rotatable bonds is 2. The highest BCUT2D eigenvalue weighted by Crippen LogP contribution is 2.32. The number of halogens is 3. The van der Waals surface area contributed by atoms with Crippen LogP contribution in [0.5, 0.6) is 5.75 Å². The Balaban J connectivity index is 3.08. The molecule has 0 fully saturated rings. The summed E-state index contributed by atoms with van der Waals surface area (Å²) in [7, 11) is 3.32. The van der Waals surface area contributed by atoms with E-state index in [4.69, 9.17) is 0 Å². The summed E-state index contributed by atoms with van der Waals surface area (Å²) in [6, 6.07) is 4.69. The van der Waals surface area contributed by atoms with E-state index in [0.29, 0.717) is 5.69 Å². The molecule has 0 aromatic heterocycles. The van der Waals surface area contributed by atoms with Gasteiger partial charge in [-0.2, -0.15) is 0 Å². The van der Waals surface area contributed by atoms with Crippen LogP contribution in [0.4, 0.5) is 18.9 Å². The van der Waals surface area contributed by atoms with Crippen LogP contribution in [0.15, 0.2) is 18.2 Å². The third-order valence-corrected chi connectivity index (χ3v) is 1.82. The van der Waals surface area contributed by atoms with Crippen molar-refractivity contribution < 1.29 is 17.9 Å². The van der Waals surface area contributed by atoms with Crippen LogP contribution < -0.4 is 9.64 Å². The molecule has 0 aliphatic rings. The lowest BCUT2D eigenvalue weighted by molar-refractivity contribution is -0.274. The van der Waals surface area contributed by atoms with Crippen LogP contribution in [0.2, 0.25) is 0 Å². The van der Waals surface area contributed by atoms with Gasteiger partial charge in [0.15, 0.2) is 5.75 Å². The van der Waals surface area contributed by atoms with Crippen molar-refractivity contribution in [2.45, 2.75) is 13.3 Å². The molecule has 0 unspecified atom stereocenters. The zero-order valence-corrected chi connectivity index (χ0v) is 8.72. The minimum absolute atomic E-state index is 0.174.